The first kappa shape index (κ1) is 102. The van der Waals surface area contributed by atoms with Crippen LogP contribution in [0.1, 0.15) is 100 Å². The quantitative estimate of drug-likeness (QED) is 0.0127. The number of aromatic nitrogens is 1. The van der Waals surface area contributed by atoms with Crippen LogP contribution < -0.4 is 109 Å². The number of phenols is 1. The lowest BCUT2D eigenvalue weighted by Gasteiger charge is -2.29. The fourth-order valence-corrected chi connectivity index (χ4v) is 13.1. The number of carbonyl (C=O) groups excluding carboxylic acids is 17. The van der Waals surface area contributed by atoms with Crippen LogP contribution in [0.15, 0.2) is 115 Å². The first-order valence-electron chi connectivity index (χ1n) is 40.2. The number of ether oxygens (including phenoxy) is 1. The number of carbonyl (C=O) groups is 17. The highest BCUT2D eigenvalue weighted by Gasteiger charge is 2.39. The van der Waals surface area contributed by atoms with Crippen LogP contribution in [0.25, 0.3) is 10.9 Å². The number of hydrogen-bond donors (Lipinski definition) is 25. The van der Waals surface area contributed by atoms with Gasteiger partial charge in [-0.15, -0.1) is 0 Å². The molecule has 1 aromatic heterocycles. The van der Waals surface area contributed by atoms with E-state index < -0.39 is 224 Å². The maximum absolute atomic E-state index is 15.1. The Morgan fingerprint density at radius 2 is 0.823 bits per heavy atom. The molecule has 13 atom stereocenters. The number of unbranched alkanes of at least 4 members (excludes halogenated alkanes) is 1. The Balaban J connectivity index is 1.37. The first-order chi connectivity index (χ1) is 59.2. The molecule has 0 saturated carbocycles. The van der Waals surface area contributed by atoms with E-state index in [4.69, 9.17) is 39.1 Å². The first-order valence-corrected chi connectivity index (χ1v) is 41.4. The summed E-state index contributed by atoms with van der Waals surface area (Å²) >= 11 is 8.46. The number of hydrogen-bond acceptors (Lipinski definition) is 25. The average Bonchev–Trinajstić information content (AvgIpc) is 1.63. The number of nitrogens with two attached hydrogens (primary N) is 6. The Morgan fingerprint density at radius 1 is 0.411 bits per heavy atom. The van der Waals surface area contributed by atoms with Crippen molar-refractivity contribution < 1.29 is 96.5 Å². The number of para-hydroxylation sites is 1. The SMILES string of the molecule is CC(=O)N[C@@H](CS)C(=O)N[C@@H](CCC(N)=O)C(=O)N[C@H](C(=O)N[C@@H](Cc1c[nH]c2ccccc12)C(=O)N[C@@H](CCC(N)=O)C(=O)N[C@@H](CS)C(=O)N[C@@H](Cc1ccc(O)cc1)C(=O)N[C@@H](Cc1ccccc1)C(=O)N[C@@H](CCCN)C(=O)N[C@@H](CCN)C(=O)N[C@@H](Cc1ccccc1)C(=O)NCC(=O)NCCOCC(=O)N[C@H](CCCCN)C(N)=O)[C@@H](C)O. The number of amides is 17. The van der Waals surface area contributed by atoms with Gasteiger partial charge in [0.2, 0.25) is 100 Å². The highest BCUT2D eigenvalue weighted by molar-refractivity contribution is 7.80. The van der Waals surface area contributed by atoms with E-state index in [9.17, 15) is 86.9 Å². The van der Waals surface area contributed by atoms with Crippen LogP contribution in [0.4, 0.5) is 0 Å². The largest absolute Gasteiger partial charge is 0.508 e. The summed E-state index contributed by atoms with van der Waals surface area (Å²) in [6, 6.07) is 10.7. The molecule has 0 radical (unpaired) electrons. The molecular weight excluding hydrogens is 1650 g/mol. The third kappa shape index (κ3) is 36.4. The van der Waals surface area contributed by atoms with E-state index in [2.05, 4.69) is 105 Å². The number of aromatic hydroxyl groups is 1. The molecule has 0 aliphatic carbocycles. The lowest BCUT2D eigenvalue weighted by Crippen LogP contribution is -2.62. The summed E-state index contributed by atoms with van der Waals surface area (Å²) in [4.78, 5) is 236. The number of thiol groups is 2. The summed E-state index contributed by atoms with van der Waals surface area (Å²) < 4.78 is 5.34. The van der Waals surface area contributed by atoms with E-state index in [0.29, 0.717) is 52.5 Å². The fraction of sp³-hybridized carbons (Fsp3) is 0.469. The van der Waals surface area contributed by atoms with Crippen molar-refractivity contribution in [1.29, 1.82) is 0 Å². The maximum atomic E-state index is 15.1. The summed E-state index contributed by atoms with van der Waals surface area (Å²) in [5, 5.41) is 57.3. The number of aromatic amines is 1. The summed E-state index contributed by atoms with van der Waals surface area (Å²) in [6.45, 7) is 1.20. The molecule has 124 heavy (non-hydrogen) atoms. The van der Waals surface area contributed by atoms with E-state index in [-0.39, 0.29) is 89.1 Å². The summed E-state index contributed by atoms with van der Waals surface area (Å²) in [7, 11) is 0. The standard InChI is InChI=1S/C81H115N21O20S2/c1-45(103)69(102-75(115)57(27-29-66(86)107)95-79(119)63(43-123)91-46(2)104)81(121)100-62(39-50-40-89-53-19-10-9-18-52(50)53)78(118)94-56(26-28-65(85)106)73(113)101-64(44-124)80(120)99-61(38-49-22-24-51(105)25-23-49)77(117)98-60(37-48-16-7-4-8-17-48)76(116)93-55(21-13-32-83)72(112)96-58(30-33-84)74(114)97-59(36-47-14-5-3-6-15-47)71(111)90-41-67(108)88-34-35-122-42-68(109)92-54(70(87)110)20-11-12-31-82/h3-10,14-19,22-25,40,45,54-64,69,89,103,105,123-124H,11-13,20-21,26-39,41-44,82-84H2,1-2H3,(H2,85,106)(H2,86,107)(H2,87,110)(H,88,108)(H,90,111)(H,91,104)(H,92,109)(H,93,116)(H,94,118)(H,95,119)(H,96,112)(H,97,114)(H,98,117)(H,99,120)(H,100,121)(H,101,113)(H,102,115)/t45-,54-,55+,56+,57+,58+,59+,60+,61+,62+,63+,64+,69+/m1/s1. The second-order valence-corrected chi connectivity index (χ2v) is 29.9. The van der Waals surface area contributed by atoms with Gasteiger partial charge in [-0.3, -0.25) is 81.5 Å². The van der Waals surface area contributed by atoms with Crippen LogP contribution in [-0.4, -0.2) is 252 Å². The Labute approximate surface area is 726 Å². The number of aliphatic hydroxyl groups is 1. The van der Waals surface area contributed by atoms with Crippen molar-refractivity contribution in [2.45, 2.75) is 182 Å². The minimum absolute atomic E-state index is 0.00466. The maximum Gasteiger partial charge on any atom is 0.246 e. The molecule has 0 unspecified atom stereocenters. The van der Waals surface area contributed by atoms with Crippen molar-refractivity contribution in [3.63, 3.8) is 0 Å². The molecule has 4 aromatic carbocycles. The van der Waals surface area contributed by atoms with Gasteiger partial charge in [0.05, 0.1) is 19.3 Å². The molecule has 43 heteroatoms. The third-order valence-electron chi connectivity index (χ3n) is 19.2. The van der Waals surface area contributed by atoms with Crippen LogP contribution in [0.5, 0.6) is 5.75 Å². The Hall–Kier alpha value is -12.3. The second-order valence-electron chi connectivity index (χ2n) is 29.2. The summed E-state index contributed by atoms with van der Waals surface area (Å²) in [5.41, 5.74) is 36.3. The highest BCUT2D eigenvalue weighted by Crippen LogP contribution is 2.21. The van der Waals surface area contributed by atoms with Gasteiger partial charge >= 0.3 is 0 Å². The zero-order valence-electron chi connectivity index (χ0n) is 68.8. The molecule has 17 amide bonds. The van der Waals surface area contributed by atoms with Crippen LogP contribution in [0, 0.1) is 0 Å². The van der Waals surface area contributed by atoms with E-state index in [1.165, 1.54) is 30.5 Å². The second kappa shape index (κ2) is 54.3. The number of nitrogens with one attached hydrogen (secondary N) is 15. The summed E-state index contributed by atoms with van der Waals surface area (Å²) in [5.74, 6) is -16.5. The van der Waals surface area contributed by atoms with Gasteiger partial charge in [-0.05, 0) is 118 Å². The van der Waals surface area contributed by atoms with E-state index in [1.54, 1.807) is 84.9 Å². The number of primary amides is 3. The molecule has 5 aromatic rings. The van der Waals surface area contributed by atoms with E-state index in [1.807, 2.05) is 0 Å². The van der Waals surface area contributed by atoms with E-state index >= 15 is 4.79 Å². The molecule has 0 aliphatic heterocycles. The van der Waals surface area contributed by atoms with Gasteiger partial charge < -0.3 is 129 Å². The van der Waals surface area contributed by atoms with Gasteiger partial charge in [0.15, 0.2) is 0 Å². The molecule has 0 aliphatic rings. The van der Waals surface area contributed by atoms with Crippen LogP contribution in [0.3, 0.4) is 0 Å². The number of phenolic OH excluding ortho intramolecular Hbond substituents is 1. The van der Waals surface area contributed by atoms with Crippen molar-refractivity contribution in [2.24, 2.45) is 34.4 Å². The molecule has 29 N–H and O–H groups in total. The smallest absolute Gasteiger partial charge is 0.246 e. The lowest BCUT2D eigenvalue weighted by molar-refractivity contribution is -0.137. The van der Waals surface area contributed by atoms with Gasteiger partial charge in [-0.1, -0.05) is 91.0 Å². The van der Waals surface area contributed by atoms with Crippen LogP contribution >= 0.6 is 25.3 Å². The molecular formula is C81H115N21O20S2. The molecule has 5 rings (SSSR count). The summed E-state index contributed by atoms with van der Waals surface area (Å²) in [6.07, 6.45) is -2.04. The van der Waals surface area contributed by atoms with Gasteiger partial charge in [-0.2, -0.15) is 25.3 Å². The van der Waals surface area contributed by atoms with Crippen LogP contribution in [-0.2, 0) is 112 Å². The predicted molar refractivity (Wildman–Crippen MR) is 460 cm³/mol. The monoisotopic (exact) mass is 1770 g/mol. The fourth-order valence-electron chi connectivity index (χ4n) is 12.6. The molecule has 676 valence electrons. The van der Waals surface area contributed by atoms with Crippen molar-refractivity contribution in [3.05, 3.63) is 138 Å². The molecule has 0 bridgehead atoms. The normalized spacial score (nSPS) is 14.2. The van der Waals surface area contributed by atoms with Crippen LogP contribution in [0.2, 0.25) is 0 Å². The molecule has 0 spiro atoms. The molecule has 0 saturated heterocycles. The highest BCUT2D eigenvalue weighted by atomic mass is 32.1. The zero-order chi connectivity index (χ0) is 91.4. The van der Waals surface area contributed by atoms with Gasteiger partial charge in [0, 0.05) is 80.6 Å². The lowest BCUT2D eigenvalue weighted by atomic mass is 10.0. The van der Waals surface area contributed by atoms with Gasteiger partial charge in [-0.25, -0.2) is 0 Å². The van der Waals surface area contributed by atoms with E-state index in [0.717, 1.165) is 13.8 Å². The van der Waals surface area contributed by atoms with Crippen molar-refractivity contribution in [3.8, 4) is 5.75 Å². The minimum atomic E-state index is -1.91. The average molecular weight is 1770 g/mol. The number of benzene rings is 4. The molecule has 0 fully saturated rings. The van der Waals surface area contributed by atoms with Crippen molar-refractivity contribution in [2.75, 3.05) is 57.4 Å². The molecule has 1 heterocycles. The Bertz CT molecular complexity index is 4420. The zero-order valence-corrected chi connectivity index (χ0v) is 70.6. The third-order valence-corrected chi connectivity index (χ3v) is 20.0. The Kier molecular flexibility index (Phi) is 44.7. The van der Waals surface area contributed by atoms with Crippen molar-refractivity contribution in [1.82, 2.24) is 79.4 Å². The molecule has 41 nitrogen and oxygen atoms in total. The van der Waals surface area contributed by atoms with Gasteiger partial charge in [0.25, 0.3) is 0 Å². The number of H-pyrrole nitrogens is 1. The number of aliphatic hydroxyl groups excluding tert-OH is 1. The van der Waals surface area contributed by atoms with Gasteiger partial charge in [0.1, 0.15) is 84.9 Å². The van der Waals surface area contributed by atoms with Crippen molar-refractivity contribution >= 4 is 137 Å². The number of rotatable bonds is 57. The number of fused-ring (bicyclic) bond motifs is 1. The minimum Gasteiger partial charge on any atom is -0.508 e. The topological polar surface area (TPSA) is 680 Å². The predicted octanol–water partition coefficient (Wildman–Crippen LogP) is -6.30. The Morgan fingerprint density at radius 3 is 1.30 bits per heavy atom.